The summed E-state index contributed by atoms with van der Waals surface area (Å²) in [6, 6.07) is 8.68. The van der Waals surface area contributed by atoms with Crippen LogP contribution in [0.25, 0.3) is 10.6 Å². The van der Waals surface area contributed by atoms with Gasteiger partial charge >= 0.3 is 0 Å². The van der Waals surface area contributed by atoms with Crippen LogP contribution >= 0.6 is 11.3 Å². The van der Waals surface area contributed by atoms with E-state index in [4.69, 9.17) is 0 Å². The van der Waals surface area contributed by atoms with E-state index in [-0.39, 0.29) is 11.4 Å². The Morgan fingerprint density at radius 3 is 2.71 bits per heavy atom. The summed E-state index contributed by atoms with van der Waals surface area (Å²) in [6.45, 7) is 3.89. The van der Waals surface area contributed by atoms with E-state index in [0.717, 1.165) is 30.0 Å². The highest BCUT2D eigenvalue weighted by Crippen LogP contribution is 2.26. The lowest BCUT2D eigenvalue weighted by molar-refractivity contribution is 0.102. The van der Waals surface area contributed by atoms with Crippen LogP contribution in [0.15, 0.2) is 41.9 Å². The largest absolute Gasteiger partial charge is 0.357 e. The van der Waals surface area contributed by atoms with Crippen molar-refractivity contribution in [3.8, 4) is 10.6 Å². The second-order valence-electron chi connectivity index (χ2n) is 6.93. The second-order valence-corrected chi connectivity index (χ2v) is 7.79. The highest BCUT2D eigenvalue weighted by Gasteiger charge is 2.15. The quantitative estimate of drug-likeness (QED) is 0.682. The van der Waals surface area contributed by atoms with Gasteiger partial charge in [0.15, 0.2) is 0 Å². The average Bonchev–Trinajstić information content (AvgIpc) is 3.21. The number of amides is 1. The summed E-state index contributed by atoms with van der Waals surface area (Å²) in [5, 5.41) is 4.97. The van der Waals surface area contributed by atoms with Crippen molar-refractivity contribution in [2.24, 2.45) is 0 Å². The zero-order valence-electron chi connectivity index (χ0n) is 15.6. The van der Waals surface area contributed by atoms with Gasteiger partial charge in [0.2, 0.25) is 0 Å². The van der Waals surface area contributed by atoms with Gasteiger partial charge in [-0.25, -0.2) is 14.4 Å². The highest BCUT2D eigenvalue weighted by molar-refractivity contribution is 7.13. The minimum Gasteiger partial charge on any atom is -0.357 e. The van der Waals surface area contributed by atoms with Gasteiger partial charge in [-0.2, -0.15) is 0 Å². The molecule has 28 heavy (non-hydrogen) atoms. The lowest BCUT2D eigenvalue weighted by Crippen LogP contribution is -2.29. The fourth-order valence-corrected chi connectivity index (χ4v) is 4.03. The lowest BCUT2D eigenvalue weighted by Gasteiger charge is -2.27. The SMILES string of the molecule is Cc1ccc(NC(=O)c2csc(-c3ccc(N4CCCCC4)nc3)n2)c(F)c1. The third-order valence-corrected chi connectivity index (χ3v) is 5.68. The Bertz CT molecular complexity index is 980. The normalized spacial score (nSPS) is 14.1. The summed E-state index contributed by atoms with van der Waals surface area (Å²) in [7, 11) is 0. The standard InChI is InChI=1S/C21H21FN4OS/c1-14-5-7-17(16(22)11-14)24-20(27)18-13-28-21(25-18)15-6-8-19(23-12-15)26-9-3-2-4-10-26/h5-8,11-13H,2-4,9-10H2,1H3,(H,24,27). The average molecular weight is 396 g/mol. The van der Waals surface area contributed by atoms with Crippen LogP contribution in [0.2, 0.25) is 0 Å². The number of hydrogen-bond acceptors (Lipinski definition) is 5. The van der Waals surface area contributed by atoms with E-state index in [0.29, 0.717) is 5.01 Å². The van der Waals surface area contributed by atoms with Gasteiger partial charge in [0.1, 0.15) is 22.3 Å². The van der Waals surface area contributed by atoms with Gasteiger partial charge in [-0.15, -0.1) is 11.3 Å². The van der Waals surface area contributed by atoms with E-state index < -0.39 is 11.7 Å². The van der Waals surface area contributed by atoms with Crippen LogP contribution in [0.1, 0.15) is 35.3 Å². The lowest BCUT2D eigenvalue weighted by atomic mass is 10.1. The van der Waals surface area contributed by atoms with E-state index in [1.54, 1.807) is 30.6 Å². The fourth-order valence-electron chi connectivity index (χ4n) is 3.24. The molecule has 2 aromatic heterocycles. The van der Waals surface area contributed by atoms with E-state index in [1.807, 2.05) is 12.1 Å². The summed E-state index contributed by atoms with van der Waals surface area (Å²) in [5.74, 6) is 0.0947. The molecule has 1 aromatic carbocycles. The summed E-state index contributed by atoms with van der Waals surface area (Å²) >= 11 is 1.37. The molecule has 0 atom stereocenters. The van der Waals surface area contributed by atoms with E-state index in [9.17, 15) is 9.18 Å². The van der Waals surface area contributed by atoms with Crippen molar-refractivity contribution < 1.29 is 9.18 Å². The van der Waals surface area contributed by atoms with Crippen molar-refractivity contribution >= 4 is 28.7 Å². The first-order valence-electron chi connectivity index (χ1n) is 9.34. The molecule has 0 spiro atoms. The molecule has 144 valence electrons. The molecule has 4 rings (SSSR count). The predicted molar refractivity (Wildman–Crippen MR) is 110 cm³/mol. The number of pyridine rings is 1. The smallest absolute Gasteiger partial charge is 0.275 e. The van der Waals surface area contributed by atoms with Crippen molar-refractivity contribution in [2.45, 2.75) is 26.2 Å². The summed E-state index contributed by atoms with van der Waals surface area (Å²) in [6.07, 6.45) is 5.49. The summed E-state index contributed by atoms with van der Waals surface area (Å²) in [4.78, 5) is 23.7. The number of nitrogens with one attached hydrogen (secondary N) is 1. The van der Waals surface area contributed by atoms with Crippen molar-refractivity contribution in [3.63, 3.8) is 0 Å². The minimum absolute atomic E-state index is 0.151. The van der Waals surface area contributed by atoms with Crippen LogP contribution in [-0.2, 0) is 0 Å². The van der Waals surface area contributed by atoms with E-state index in [1.165, 1.54) is 36.7 Å². The van der Waals surface area contributed by atoms with Gasteiger partial charge in [-0.1, -0.05) is 6.07 Å². The molecule has 3 aromatic rings. The Kier molecular flexibility index (Phi) is 5.34. The number of anilines is 2. The molecule has 5 nitrogen and oxygen atoms in total. The van der Waals surface area contributed by atoms with E-state index in [2.05, 4.69) is 20.2 Å². The Morgan fingerprint density at radius 2 is 2.00 bits per heavy atom. The van der Waals surface area contributed by atoms with Crippen LogP contribution < -0.4 is 10.2 Å². The van der Waals surface area contributed by atoms with E-state index >= 15 is 0 Å². The second kappa shape index (κ2) is 8.06. The molecular weight excluding hydrogens is 375 g/mol. The Hall–Kier alpha value is -2.80. The molecule has 1 amide bonds. The number of piperidine rings is 1. The number of rotatable bonds is 4. The molecule has 7 heteroatoms. The summed E-state index contributed by atoms with van der Waals surface area (Å²) in [5.41, 5.74) is 2.08. The number of carbonyl (C=O) groups excluding carboxylic acids is 1. The minimum atomic E-state index is -0.457. The van der Waals surface area contributed by atoms with Gasteiger partial charge in [0.25, 0.3) is 5.91 Å². The molecule has 0 aliphatic carbocycles. The number of halogens is 1. The molecule has 1 N–H and O–H groups in total. The molecule has 0 saturated carbocycles. The van der Waals surface area contributed by atoms with Crippen LogP contribution in [0, 0.1) is 12.7 Å². The zero-order valence-corrected chi connectivity index (χ0v) is 16.4. The maximum absolute atomic E-state index is 13.9. The van der Waals surface area contributed by atoms with Gasteiger partial charge in [-0.3, -0.25) is 4.79 Å². The Balaban J connectivity index is 1.46. The van der Waals surface area contributed by atoms with Gasteiger partial charge < -0.3 is 10.2 Å². The van der Waals surface area contributed by atoms with Crippen LogP contribution in [0.4, 0.5) is 15.9 Å². The molecule has 0 bridgehead atoms. The first-order valence-corrected chi connectivity index (χ1v) is 10.2. The first-order chi connectivity index (χ1) is 13.6. The maximum Gasteiger partial charge on any atom is 0.275 e. The summed E-state index contributed by atoms with van der Waals surface area (Å²) < 4.78 is 13.9. The number of thiazole rings is 1. The third-order valence-electron chi connectivity index (χ3n) is 4.78. The fraction of sp³-hybridized carbons (Fsp3) is 0.286. The topological polar surface area (TPSA) is 58.1 Å². The van der Waals surface area contributed by atoms with Crippen molar-refractivity contribution in [3.05, 3.63) is 59.0 Å². The van der Waals surface area contributed by atoms with Crippen LogP contribution in [0.3, 0.4) is 0 Å². The number of aryl methyl sites for hydroxylation is 1. The molecular formula is C21H21FN4OS. The molecule has 1 aliphatic heterocycles. The number of carbonyl (C=O) groups is 1. The Labute approximate surface area is 167 Å². The van der Waals surface area contributed by atoms with Crippen molar-refractivity contribution in [2.75, 3.05) is 23.3 Å². The van der Waals surface area contributed by atoms with Crippen molar-refractivity contribution in [1.29, 1.82) is 0 Å². The third kappa shape index (κ3) is 4.04. The number of benzene rings is 1. The van der Waals surface area contributed by atoms with Crippen LogP contribution in [-0.4, -0.2) is 29.0 Å². The first kappa shape index (κ1) is 18.6. The molecule has 3 heterocycles. The molecule has 0 unspecified atom stereocenters. The monoisotopic (exact) mass is 396 g/mol. The molecule has 1 aliphatic rings. The van der Waals surface area contributed by atoms with Crippen molar-refractivity contribution in [1.82, 2.24) is 9.97 Å². The zero-order chi connectivity index (χ0) is 19.5. The predicted octanol–water partition coefficient (Wildman–Crippen LogP) is 4.90. The number of aromatic nitrogens is 2. The Morgan fingerprint density at radius 1 is 1.18 bits per heavy atom. The van der Waals surface area contributed by atoms with Gasteiger partial charge in [0.05, 0.1) is 5.69 Å². The van der Waals surface area contributed by atoms with Crippen LogP contribution in [0.5, 0.6) is 0 Å². The number of hydrogen-bond donors (Lipinski definition) is 1. The van der Waals surface area contributed by atoms with Gasteiger partial charge in [-0.05, 0) is 56.0 Å². The van der Waals surface area contributed by atoms with Gasteiger partial charge in [0, 0.05) is 30.2 Å². The molecule has 1 fully saturated rings. The number of nitrogens with zero attached hydrogens (tertiary/aromatic N) is 3. The molecule has 1 saturated heterocycles. The molecule has 0 radical (unpaired) electrons. The maximum atomic E-state index is 13.9. The highest BCUT2D eigenvalue weighted by atomic mass is 32.1.